The number of nitrogens with zero attached hydrogens (tertiary/aromatic N) is 3. The van der Waals surface area contributed by atoms with Crippen molar-refractivity contribution in [1.29, 1.82) is 0 Å². The zero-order valence-electron chi connectivity index (χ0n) is 20.9. The lowest BCUT2D eigenvalue weighted by Crippen LogP contribution is -2.45. The predicted octanol–water partition coefficient (Wildman–Crippen LogP) is 7.32. The molecule has 0 aliphatic carbocycles. The molecule has 0 unspecified atom stereocenters. The van der Waals surface area contributed by atoms with Gasteiger partial charge in [0.15, 0.2) is 0 Å². The number of piperazine rings is 1. The van der Waals surface area contributed by atoms with Gasteiger partial charge in [0.1, 0.15) is 0 Å². The lowest BCUT2D eigenvalue weighted by atomic mass is 10.0. The highest BCUT2D eigenvalue weighted by atomic mass is 35.5. The fourth-order valence-corrected chi connectivity index (χ4v) is 5.64. The second-order valence-corrected chi connectivity index (χ2v) is 10.6. The van der Waals surface area contributed by atoms with E-state index in [1.54, 1.807) is 0 Å². The van der Waals surface area contributed by atoms with Crippen LogP contribution in [0.1, 0.15) is 30.9 Å². The standard InChI is InChI=1S/C30H34Cl2N4/c1-2-3-13-36-21-26(23-8-10-24(33)11-9-23)25-18-22(7-12-30(25)36)19-34-14-16-35(17-15-34)20-27-28(31)5-4-6-29(27)32/h4-12,18,21H,2-3,13-17,19-20,33H2,1H3. The number of benzene rings is 3. The summed E-state index contributed by atoms with van der Waals surface area (Å²) in [4.78, 5) is 4.99. The molecule has 0 spiro atoms. The average Bonchev–Trinajstić information content (AvgIpc) is 3.24. The highest BCUT2D eigenvalue weighted by Crippen LogP contribution is 2.33. The third-order valence-electron chi connectivity index (χ3n) is 7.23. The monoisotopic (exact) mass is 520 g/mol. The molecule has 2 heterocycles. The summed E-state index contributed by atoms with van der Waals surface area (Å²) in [6, 6.07) is 21.0. The molecule has 36 heavy (non-hydrogen) atoms. The zero-order valence-corrected chi connectivity index (χ0v) is 22.4. The summed E-state index contributed by atoms with van der Waals surface area (Å²) in [5.74, 6) is 0. The van der Waals surface area contributed by atoms with Gasteiger partial charge in [0.25, 0.3) is 0 Å². The van der Waals surface area contributed by atoms with E-state index in [1.807, 2.05) is 30.3 Å². The lowest BCUT2D eigenvalue weighted by Gasteiger charge is -2.35. The van der Waals surface area contributed by atoms with E-state index in [2.05, 4.69) is 57.8 Å². The summed E-state index contributed by atoms with van der Waals surface area (Å²) in [5.41, 5.74) is 12.9. The molecule has 0 radical (unpaired) electrons. The Morgan fingerprint density at radius 2 is 1.50 bits per heavy atom. The van der Waals surface area contributed by atoms with Crippen molar-refractivity contribution in [2.75, 3.05) is 31.9 Å². The summed E-state index contributed by atoms with van der Waals surface area (Å²) in [6.45, 7) is 9.12. The third kappa shape index (κ3) is 5.57. The van der Waals surface area contributed by atoms with Crippen LogP contribution in [0.4, 0.5) is 5.69 Å². The minimum atomic E-state index is 0.751. The Morgan fingerprint density at radius 3 is 2.17 bits per heavy atom. The highest BCUT2D eigenvalue weighted by Gasteiger charge is 2.20. The fraction of sp³-hybridized carbons (Fsp3) is 0.333. The van der Waals surface area contributed by atoms with Gasteiger partial charge in [-0.1, -0.05) is 60.8 Å². The van der Waals surface area contributed by atoms with Crippen LogP contribution in [-0.4, -0.2) is 40.5 Å². The molecule has 4 nitrogen and oxygen atoms in total. The number of aromatic nitrogens is 1. The molecule has 5 rings (SSSR count). The summed E-state index contributed by atoms with van der Waals surface area (Å²) < 4.78 is 2.41. The van der Waals surface area contributed by atoms with E-state index in [4.69, 9.17) is 28.9 Å². The molecule has 1 aromatic heterocycles. The van der Waals surface area contributed by atoms with Crippen LogP contribution in [0.5, 0.6) is 0 Å². The molecule has 2 N–H and O–H groups in total. The van der Waals surface area contributed by atoms with Crippen molar-refractivity contribution in [2.45, 2.75) is 39.4 Å². The Morgan fingerprint density at radius 1 is 0.833 bits per heavy atom. The van der Waals surface area contributed by atoms with Crippen molar-refractivity contribution in [3.8, 4) is 11.1 Å². The van der Waals surface area contributed by atoms with Crippen LogP contribution in [0.25, 0.3) is 22.0 Å². The molecule has 0 atom stereocenters. The zero-order chi connectivity index (χ0) is 25.1. The molecule has 0 bridgehead atoms. The topological polar surface area (TPSA) is 37.4 Å². The van der Waals surface area contributed by atoms with Gasteiger partial charge in [0.2, 0.25) is 0 Å². The smallest absolute Gasteiger partial charge is 0.0486 e. The van der Waals surface area contributed by atoms with E-state index in [9.17, 15) is 0 Å². The van der Waals surface area contributed by atoms with Crippen LogP contribution < -0.4 is 5.73 Å². The van der Waals surface area contributed by atoms with Gasteiger partial charge in [0, 0.05) is 89.8 Å². The van der Waals surface area contributed by atoms with Gasteiger partial charge >= 0.3 is 0 Å². The summed E-state index contributed by atoms with van der Waals surface area (Å²) in [6.07, 6.45) is 4.67. The van der Waals surface area contributed by atoms with Gasteiger partial charge in [-0.25, -0.2) is 0 Å². The molecule has 1 saturated heterocycles. The van der Waals surface area contributed by atoms with Gasteiger partial charge < -0.3 is 10.3 Å². The minimum absolute atomic E-state index is 0.751. The maximum atomic E-state index is 6.40. The average molecular weight is 522 g/mol. The van der Waals surface area contributed by atoms with Gasteiger partial charge in [-0.15, -0.1) is 0 Å². The Hall–Kier alpha value is -2.50. The number of nitrogen functional groups attached to an aromatic ring is 1. The SMILES string of the molecule is CCCCn1cc(-c2ccc(N)cc2)c2cc(CN3CCN(Cc4c(Cl)cccc4Cl)CC3)ccc21. The number of hydrogen-bond donors (Lipinski definition) is 1. The predicted molar refractivity (Wildman–Crippen MR) is 154 cm³/mol. The van der Waals surface area contributed by atoms with E-state index in [1.165, 1.54) is 40.4 Å². The first-order valence-electron chi connectivity index (χ1n) is 12.9. The summed E-state index contributed by atoms with van der Waals surface area (Å²) in [7, 11) is 0. The molecule has 1 aliphatic heterocycles. The van der Waals surface area contributed by atoms with Crippen LogP contribution in [0, 0.1) is 0 Å². The largest absolute Gasteiger partial charge is 0.399 e. The molecule has 188 valence electrons. The number of fused-ring (bicyclic) bond motifs is 1. The molecule has 4 aromatic rings. The first kappa shape index (κ1) is 25.2. The second-order valence-electron chi connectivity index (χ2n) is 9.82. The van der Waals surface area contributed by atoms with Gasteiger partial charge in [-0.2, -0.15) is 0 Å². The normalized spacial score (nSPS) is 15.1. The Labute approximate surface area is 224 Å². The maximum Gasteiger partial charge on any atom is 0.0486 e. The maximum absolute atomic E-state index is 6.40. The van der Waals surface area contributed by atoms with E-state index >= 15 is 0 Å². The number of hydrogen-bond acceptors (Lipinski definition) is 3. The molecule has 0 amide bonds. The van der Waals surface area contributed by atoms with E-state index in [0.717, 1.165) is 67.1 Å². The van der Waals surface area contributed by atoms with Gasteiger partial charge in [-0.3, -0.25) is 9.80 Å². The Balaban J connectivity index is 1.31. The van der Waals surface area contributed by atoms with Crippen molar-refractivity contribution in [3.05, 3.63) is 88.0 Å². The Bertz CT molecular complexity index is 1300. The van der Waals surface area contributed by atoms with Crippen molar-refractivity contribution >= 4 is 39.8 Å². The first-order valence-corrected chi connectivity index (χ1v) is 13.6. The molecule has 6 heteroatoms. The van der Waals surface area contributed by atoms with E-state index < -0.39 is 0 Å². The van der Waals surface area contributed by atoms with E-state index in [0.29, 0.717) is 0 Å². The number of aryl methyl sites for hydroxylation is 1. The van der Waals surface area contributed by atoms with E-state index in [-0.39, 0.29) is 0 Å². The quantitative estimate of drug-likeness (QED) is 0.247. The number of anilines is 1. The summed E-state index contributed by atoms with van der Waals surface area (Å²) in [5, 5.41) is 2.82. The van der Waals surface area contributed by atoms with Crippen LogP contribution in [0.3, 0.4) is 0 Å². The molecule has 3 aromatic carbocycles. The van der Waals surface area contributed by atoms with Crippen molar-refractivity contribution in [2.24, 2.45) is 0 Å². The number of rotatable bonds is 8. The van der Waals surface area contributed by atoms with Crippen molar-refractivity contribution in [3.63, 3.8) is 0 Å². The van der Waals surface area contributed by atoms with Crippen molar-refractivity contribution < 1.29 is 0 Å². The molecular weight excluding hydrogens is 487 g/mol. The van der Waals surface area contributed by atoms with Gasteiger partial charge in [0.05, 0.1) is 0 Å². The molecule has 0 saturated carbocycles. The number of nitrogens with two attached hydrogens (primary N) is 1. The molecular formula is C30H34Cl2N4. The molecule has 1 aliphatic rings. The Kier molecular flexibility index (Phi) is 7.87. The van der Waals surface area contributed by atoms with Crippen LogP contribution in [-0.2, 0) is 19.6 Å². The number of unbranched alkanes of at least 4 members (excludes halogenated alkanes) is 1. The van der Waals surface area contributed by atoms with Crippen LogP contribution in [0.2, 0.25) is 10.0 Å². The highest BCUT2D eigenvalue weighted by molar-refractivity contribution is 6.35. The second kappa shape index (κ2) is 11.3. The first-order chi connectivity index (χ1) is 17.5. The lowest BCUT2D eigenvalue weighted by molar-refractivity contribution is 0.122. The number of halogens is 2. The summed E-state index contributed by atoms with van der Waals surface area (Å²) >= 11 is 12.8. The molecule has 1 fully saturated rings. The third-order valence-corrected chi connectivity index (χ3v) is 7.94. The van der Waals surface area contributed by atoms with Crippen molar-refractivity contribution in [1.82, 2.24) is 14.4 Å². The van der Waals surface area contributed by atoms with Crippen LogP contribution >= 0.6 is 23.2 Å². The van der Waals surface area contributed by atoms with Gasteiger partial charge in [-0.05, 0) is 53.9 Å². The van der Waals surface area contributed by atoms with Crippen LogP contribution in [0.15, 0.2) is 66.9 Å². The minimum Gasteiger partial charge on any atom is -0.399 e. The fourth-order valence-electron chi connectivity index (χ4n) is 5.12.